The van der Waals surface area contributed by atoms with E-state index in [4.69, 9.17) is 5.11 Å². The van der Waals surface area contributed by atoms with Crippen molar-refractivity contribution < 1.29 is 18.3 Å². The number of aliphatic carboxylic acids is 1. The van der Waals surface area contributed by atoms with Gasteiger partial charge in [-0.05, 0) is 44.2 Å². The Bertz CT molecular complexity index is 583. The molecule has 0 amide bonds. The molecule has 1 aliphatic heterocycles. The predicted octanol–water partition coefficient (Wildman–Crippen LogP) is 1.04. The Labute approximate surface area is 118 Å². The number of carbonyl (C=O) groups is 1. The minimum absolute atomic E-state index is 0.0146. The van der Waals surface area contributed by atoms with Crippen molar-refractivity contribution in [3.63, 3.8) is 0 Å². The van der Waals surface area contributed by atoms with Gasteiger partial charge in [0.1, 0.15) is 0 Å². The molecule has 1 heterocycles. The summed E-state index contributed by atoms with van der Waals surface area (Å²) in [6, 6.07) is 6.52. The van der Waals surface area contributed by atoms with Crippen LogP contribution in [-0.2, 0) is 14.8 Å². The van der Waals surface area contributed by atoms with Crippen LogP contribution in [0.15, 0.2) is 29.2 Å². The third kappa shape index (κ3) is 3.10. The molecule has 0 aliphatic carbocycles. The Kier molecular flexibility index (Phi) is 4.29. The minimum Gasteiger partial charge on any atom is -0.481 e. The fourth-order valence-corrected chi connectivity index (χ4v) is 3.25. The van der Waals surface area contributed by atoms with Crippen LogP contribution in [-0.4, -0.2) is 39.1 Å². The lowest BCUT2D eigenvalue weighted by atomic mass is 10.1. The Morgan fingerprint density at radius 2 is 2.05 bits per heavy atom. The van der Waals surface area contributed by atoms with E-state index in [1.54, 1.807) is 12.1 Å². The fraction of sp³-hybridized carbons (Fsp3) is 0.462. The molecule has 2 rings (SSSR count). The van der Waals surface area contributed by atoms with Crippen molar-refractivity contribution in [2.24, 2.45) is 0 Å². The van der Waals surface area contributed by atoms with Gasteiger partial charge in [-0.3, -0.25) is 4.79 Å². The van der Waals surface area contributed by atoms with Crippen molar-refractivity contribution >= 4 is 21.7 Å². The first-order chi connectivity index (χ1) is 9.44. The molecule has 20 heavy (non-hydrogen) atoms. The van der Waals surface area contributed by atoms with Crippen LogP contribution in [0.25, 0.3) is 0 Å². The molecule has 1 saturated heterocycles. The van der Waals surface area contributed by atoms with Gasteiger partial charge in [0.2, 0.25) is 10.0 Å². The topological polar surface area (TPSA) is 86.7 Å². The Morgan fingerprint density at radius 1 is 1.40 bits per heavy atom. The summed E-state index contributed by atoms with van der Waals surface area (Å²) >= 11 is 0. The van der Waals surface area contributed by atoms with Gasteiger partial charge in [-0.25, -0.2) is 13.1 Å². The van der Waals surface area contributed by atoms with Crippen LogP contribution >= 0.6 is 0 Å². The molecule has 7 heteroatoms. The molecule has 0 saturated carbocycles. The zero-order valence-corrected chi connectivity index (χ0v) is 12.1. The number of nitrogens with zero attached hydrogens (tertiary/aromatic N) is 1. The summed E-state index contributed by atoms with van der Waals surface area (Å²) in [5, 5.41) is 8.91. The molecule has 1 fully saturated rings. The monoisotopic (exact) mass is 298 g/mol. The van der Waals surface area contributed by atoms with E-state index in [1.165, 1.54) is 19.2 Å². The molecular formula is C13H18N2O4S. The number of anilines is 1. The van der Waals surface area contributed by atoms with Crippen LogP contribution in [0.1, 0.15) is 19.3 Å². The van der Waals surface area contributed by atoms with Gasteiger partial charge >= 0.3 is 5.97 Å². The lowest BCUT2D eigenvalue weighted by Crippen LogP contribution is -2.31. The number of carboxylic acid groups (broad SMARTS) is 1. The van der Waals surface area contributed by atoms with Crippen molar-refractivity contribution in [2.75, 3.05) is 18.5 Å². The van der Waals surface area contributed by atoms with Gasteiger partial charge in [0.05, 0.1) is 11.3 Å². The van der Waals surface area contributed by atoms with Crippen LogP contribution in [0.2, 0.25) is 0 Å². The fourth-order valence-electron chi connectivity index (χ4n) is 2.52. The van der Waals surface area contributed by atoms with Gasteiger partial charge in [-0.15, -0.1) is 0 Å². The van der Waals surface area contributed by atoms with Crippen molar-refractivity contribution in [1.82, 2.24) is 4.72 Å². The Balaban J connectivity index is 2.19. The molecule has 0 spiro atoms. The molecule has 0 aromatic heterocycles. The second-order valence-corrected chi connectivity index (χ2v) is 6.68. The molecular weight excluding hydrogens is 280 g/mol. The van der Waals surface area contributed by atoms with E-state index in [2.05, 4.69) is 4.72 Å². The second-order valence-electron chi connectivity index (χ2n) is 4.79. The molecule has 1 atom stereocenters. The van der Waals surface area contributed by atoms with Crippen LogP contribution in [0.4, 0.5) is 5.69 Å². The maximum absolute atomic E-state index is 11.6. The highest BCUT2D eigenvalue weighted by molar-refractivity contribution is 7.89. The lowest BCUT2D eigenvalue weighted by Gasteiger charge is -2.25. The first kappa shape index (κ1) is 14.8. The lowest BCUT2D eigenvalue weighted by molar-refractivity contribution is -0.137. The van der Waals surface area contributed by atoms with Gasteiger partial charge in [-0.1, -0.05) is 0 Å². The van der Waals surface area contributed by atoms with E-state index in [-0.39, 0.29) is 17.4 Å². The Morgan fingerprint density at radius 3 is 2.60 bits per heavy atom. The maximum Gasteiger partial charge on any atom is 0.305 e. The number of hydrogen-bond donors (Lipinski definition) is 2. The largest absolute Gasteiger partial charge is 0.481 e. The Hall–Kier alpha value is -1.60. The first-order valence-electron chi connectivity index (χ1n) is 6.46. The quantitative estimate of drug-likeness (QED) is 0.848. The minimum atomic E-state index is -3.43. The summed E-state index contributed by atoms with van der Waals surface area (Å²) in [5.41, 5.74) is 0.865. The third-order valence-electron chi connectivity index (χ3n) is 3.53. The van der Waals surface area contributed by atoms with E-state index < -0.39 is 16.0 Å². The number of sulfonamides is 1. The van der Waals surface area contributed by atoms with Gasteiger partial charge in [-0.2, -0.15) is 0 Å². The number of nitrogens with one attached hydrogen (secondary N) is 1. The summed E-state index contributed by atoms with van der Waals surface area (Å²) in [6.07, 6.45) is 1.91. The molecule has 0 bridgehead atoms. The molecule has 1 aromatic rings. The molecule has 110 valence electrons. The average Bonchev–Trinajstić information content (AvgIpc) is 2.86. The van der Waals surface area contributed by atoms with Crippen LogP contribution < -0.4 is 9.62 Å². The van der Waals surface area contributed by atoms with Gasteiger partial charge in [0.15, 0.2) is 0 Å². The van der Waals surface area contributed by atoms with Crippen molar-refractivity contribution in [2.45, 2.75) is 30.2 Å². The zero-order chi connectivity index (χ0) is 14.8. The zero-order valence-electron chi connectivity index (χ0n) is 11.2. The highest BCUT2D eigenvalue weighted by Gasteiger charge is 2.27. The normalized spacial score (nSPS) is 19.2. The number of carboxylic acids is 1. The molecule has 2 N–H and O–H groups in total. The van der Waals surface area contributed by atoms with Gasteiger partial charge in [0.25, 0.3) is 0 Å². The molecule has 1 unspecified atom stereocenters. The SMILES string of the molecule is CNS(=O)(=O)c1ccc(N2CCCC2CC(=O)O)cc1. The summed E-state index contributed by atoms with van der Waals surface area (Å²) in [7, 11) is -2.07. The maximum atomic E-state index is 11.6. The van der Waals surface area contributed by atoms with Gasteiger partial charge in [0, 0.05) is 18.3 Å². The van der Waals surface area contributed by atoms with E-state index >= 15 is 0 Å². The molecule has 1 aliphatic rings. The standard InChI is InChI=1S/C13H18N2O4S/c1-14-20(18,19)12-6-4-10(5-7-12)15-8-2-3-11(15)9-13(16)17/h4-7,11,14H,2-3,8-9H2,1H3,(H,16,17). The summed E-state index contributed by atoms with van der Waals surface area (Å²) in [6.45, 7) is 0.802. The third-order valence-corrected chi connectivity index (χ3v) is 4.97. The van der Waals surface area contributed by atoms with Crippen LogP contribution in [0.3, 0.4) is 0 Å². The van der Waals surface area contributed by atoms with E-state index in [0.29, 0.717) is 0 Å². The molecule has 1 aromatic carbocycles. The van der Waals surface area contributed by atoms with Crippen molar-refractivity contribution in [3.05, 3.63) is 24.3 Å². The number of rotatable bonds is 5. The predicted molar refractivity (Wildman–Crippen MR) is 75.3 cm³/mol. The van der Waals surface area contributed by atoms with Crippen LogP contribution in [0, 0.1) is 0 Å². The summed E-state index contributed by atoms with van der Waals surface area (Å²) in [4.78, 5) is 13.1. The van der Waals surface area contributed by atoms with Crippen LogP contribution in [0.5, 0.6) is 0 Å². The van der Waals surface area contributed by atoms with E-state index in [0.717, 1.165) is 25.1 Å². The number of hydrogen-bond acceptors (Lipinski definition) is 4. The van der Waals surface area contributed by atoms with Gasteiger partial charge < -0.3 is 10.0 Å². The second kappa shape index (κ2) is 5.80. The summed E-state index contributed by atoms with van der Waals surface area (Å²) < 4.78 is 25.5. The highest BCUT2D eigenvalue weighted by atomic mass is 32.2. The van der Waals surface area contributed by atoms with E-state index in [1.807, 2.05) is 4.90 Å². The van der Waals surface area contributed by atoms with Crippen molar-refractivity contribution in [1.29, 1.82) is 0 Å². The average molecular weight is 298 g/mol. The highest BCUT2D eigenvalue weighted by Crippen LogP contribution is 2.28. The molecule has 0 radical (unpaired) electrons. The first-order valence-corrected chi connectivity index (χ1v) is 7.94. The van der Waals surface area contributed by atoms with Crippen molar-refractivity contribution in [3.8, 4) is 0 Å². The summed E-state index contributed by atoms with van der Waals surface area (Å²) in [5.74, 6) is -0.809. The smallest absolute Gasteiger partial charge is 0.305 e. The van der Waals surface area contributed by atoms with E-state index in [9.17, 15) is 13.2 Å². The molecule has 6 nitrogen and oxygen atoms in total. The number of benzene rings is 1.